The van der Waals surface area contributed by atoms with E-state index in [2.05, 4.69) is 9.97 Å². The van der Waals surface area contributed by atoms with Gasteiger partial charge in [0.05, 0.1) is 0 Å². The molecular formula is C10H13F3N2. The van der Waals surface area contributed by atoms with Gasteiger partial charge >= 0.3 is 6.18 Å². The molecule has 1 aromatic rings. The van der Waals surface area contributed by atoms with Gasteiger partial charge in [-0.15, -0.1) is 0 Å². The average molecular weight is 218 g/mol. The molecule has 1 unspecified atom stereocenters. The van der Waals surface area contributed by atoms with Crippen LogP contribution in [0.2, 0.25) is 0 Å². The van der Waals surface area contributed by atoms with Crippen LogP contribution in [0.25, 0.3) is 0 Å². The number of halogens is 3. The molecule has 84 valence electrons. The van der Waals surface area contributed by atoms with Crippen molar-refractivity contribution in [3.05, 3.63) is 23.8 Å². The summed E-state index contributed by atoms with van der Waals surface area (Å²) in [6, 6.07) is 0. The van der Waals surface area contributed by atoms with E-state index >= 15 is 0 Å². The van der Waals surface area contributed by atoms with Crippen molar-refractivity contribution in [3.63, 3.8) is 0 Å². The third kappa shape index (κ3) is 2.91. The number of hydrogen-bond donors (Lipinski definition) is 0. The number of alkyl halides is 3. The second-order valence-corrected chi connectivity index (χ2v) is 3.87. The zero-order valence-electron chi connectivity index (χ0n) is 8.84. The van der Waals surface area contributed by atoms with Crippen molar-refractivity contribution in [1.29, 1.82) is 0 Å². The average Bonchev–Trinajstić information content (AvgIpc) is 2.15. The van der Waals surface area contributed by atoms with Crippen LogP contribution < -0.4 is 0 Å². The summed E-state index contributed by atoms with van der Waals surface area (Å²) in [7, 11) is 0. The molecule has 0 radical (unpaired) electrons. The smallest absolute Gasteiger partial charge is 0.233 e. The number of rotatable bonds is 2. The molecule has 0 N–H and O–H groups in total. The lowest BCUT2D eigenvalue weighted by atomic mass is 9.92. The van der Waals surface area contributed by atoms with Crippen LogP contribution >= 0.6 is 0 Å². The lowest BCUT2D eigenvalue weighted by Crippen LogP contribution is -2.12. The maximum Gasteiger partial charge on any atom is 0.451 e. The van der Waals surface area contributed by atoms with Crippen LogP contribution in [0.15, 0.2) is 12.4 Å². The van der Waals surface area contributed by atoms with E-state index in [-0.39, 0.29) is 5.92 Å². The van der Waals surface area contributed by atoms with Crippen LogP contribution in [0.3, 0.4) is 0 Å². The van der Waals surface area contributed by atoms with Gasteiger partial charge in [0.1, 0.15) is 0 Å². The van der Waals surface area contributed by atoms with Gasteiger partial charge in [0.25, 0.3) is 0 Å². The normalized spacial score (nSPS) is 14.3. The number of aromatic nitrogens is 2. The van der Waals surface area contributed by atoms with Crippen LogP contribution in [0.1, 0.15) is 38.1 Å². The molecule has 0 aromatic carbocycles. The van der Waals surface area contributed by atoms with E-state index < -0.39 is 12.0 Å². The van der Waals surface area contributed by atoms with Gasteiger partial charge in [-0.3, -0.25) is 0 Å². The third-order valence-corrected chi connectivity index (χ3v) is 2.45. The summed E-state index contributed by atoms with van der Waals surface area (Å²) in [5.41, 5.74) is 0.734. The van der Waals surface area contributed by atoms with E-state index in [1.165, 1.54) is 12.4 Å². The first-order valence-electron chi connectivity index (χ1n) is 4.71. The second-order valence-electron chi connectivity index (χ2n) is 3.87. The molecule has 0 aliphatic heterocycles. The highest BCUT2D eigenvalue weighted by Gasteiger charge is 2.34. The Hall–Kier alpha value is -1.13. The molecule has 1 heterocycles. The Balaban J connectivity index is 2.91. The maximum absolute atomic E-state index is 12.2. The molecule has 0 saturated heterocycles. The molecule has 0 fully saturated rings. The van der Waals surface area contributed by atoms with E-state index in [0.717, 1.165) is 5.56 Å². The van der Waals surface area contributed by atoms with Gasteiger partial charge < -0.3 is 0 Å². The van der Waals surface area contributed by atoms with Crippen LogP contribution in [0, 0.1) is 5.92 Å². The minimum absolute atomic E-state index is 0.160. The third-order valence-electron chi connectivity index (χ3n) is 2.45. The summed E-state index contributed by atoms with van der Waals surface area (Å²) >= 11 is 0. The standard InChI is InChI=1S/C10H13F3N2/c1-6(2)7(3)8-4-14-9(15-5-8)10(11,12)13/h4-7H,1-3H3. The predicted molar refractivity (Wildman–Crippen MR) is 50.3 cm³/mol. The zero-order valence-corrected chi connectivity index (χ0v) is 8.84. The Morgan fingerprint density at radius 3 is 1.87 bits per heavy atom. The minimum atomic E-state index is -4.46. The molecule has 0 aliphatic carbocycles. The van der Waals surface area contributed by atoms with E-state index in [1.54, 1.807) is 0 Å². The van der Waals surface area contributed by atoms with Crippen molar-refractivity contribution in [1.82, 2.24) is 9.97 Å². The van der Waals surface area contributed by atoms with Gasteiger partial charge in [-0.25, -0.2) is 9.97 Å². The van der Waals surface area contributed by atoms with Crippen molar-refractivity contribution in [2.45, 2.75) is 32.9 Å². The van der Waals surface area contributed by atoms with Crippen LogP contribution in [0.5, 0.6) is 0 Å². The van der Waals surface area contributed by atoms with Gasteiger partial charge in [-0.05, 0) is 17.4 Å². The van der Waals surface area contributed by atoms with Crippen LogP contribution in [0.4, 0.5) is 13.2 Å². The SMILES string of the molecule is CC(C)C(C)c1cnc(C(F)(F)F)nc1. The maximum atomic E-state index is 12.2. The fourth-order valence-corrected chi connectivity index (χ4v) is 1.10. The molecule has 0 aliphatic rings. The molecule has 0 amide bonds. The fourth-order valence-electron chi connectivity index (χ4n) is 1.10. The largest absolute Gasteiger partial charge is 0.451 e. The molecule has 0 saturated carbocycles. The molecule has 1 rings (SSSR count). The molecule has 1 atom stereocenters. The first-order chi connectivity index (χ1) is 6.82. The van der Waals surface area contributed by atoms with Crippen molar-refractivity contribution < 1.29 is 13.2 Å². The van der Waals surface area contributed by atoms with Gasteiger partial charge in [-0.2, -0.15) is 13.2 Å². The molecule has 1 aromatic heterocycles. The highest BCUT2D eigenvalue weighted by molar-refractivity contribution is 5.12. The van der Waals surface area contributed by atoms with Gasteiger partial charge in [0.2, 0.25) is 5.82 Å². The van der Waals surface area contributed by atoms with E-state index in [9.17, 15) is 13.2 Å². The molecule has 2 nitrogen and oxygen atoms in total. The summed E-state index contributed by atoms with van der Waals surface area (Å²) in [6.07, 6.45) is -1.96. The van der Waals surface area contributed by atoms with Gasteiger partial charge in [0.15, 0.2) is 0 Å². The number of hydrogen-bond acceptors (Lipinski definition) is 2. The molecule has 0 bridgehead atoms. The molecular weight excluding hydrogens is 205 g/mol. The Bertz CT molecular complexity index is 316. The quantitative estimate of drug-likeness (QED) is 0.761. The molecule has 0 spiro atoms. The van der Waals surface area contributed by atoms with E-state index in [1.807, 2.05) is 20.8 Å². The zero-order chi connectivity index (χ0) is 11.6. The second kappa shape index (κ2) is 4.16. The van der Waals surface area contributed by atoms with Crippen molar-refractivity contribution in [2.75, 3.05) is 0 Å². The van der Waals surface area contributed by atoms with Crippen molar-refractivity contribution in [2.24, 2.45) is 5.92 Å². The Kier molecular flexibility index (Phi) is 3.31. The Morgan fingerprint density at radius 1 is 1.07 bits per heavy atom. The van der Waals surface area contributed by atoms with Crippen LogP contribution in [-0.2, 0) is 6.18 Å². The lowest BCUT2D eigenvalue weighted by molar-refractivity contribution is -0.145. The van der Waals surface area contributed by atoms with E-state index in [4.69, 9.17) is 0 Å². The van der Waals surface area contributed by atoms with Crippen molar-refractivity contribution >= 4 is 0 Å². The summed E-state index contributed by atoms with van der Waals surface area (Å²) in [5, 5.41) is 0. The minimum Gasteiger partial charge on any atom is -0.233 e. The first kappa shape index (κ1) is 11.9. The Morgan fingerprint density at radius 2 is 1.53 bits per heavy atom. The highest BCUT2D eigenvalue weighted by Crippen LogP contribution is 2.27. The summed E-state index contributed by atoms with van der Waals surface area (Å²) in [4.78, 5) is 6.63. The summed E-state index contributed by atoms with van der Waals surface area (Å²) < 4.78 is 36.5. The lowest BCUT2D eigenvalue weighted by Gasteiger charge is -2.15. The van der Waals surface area contributed by atoms with Crippen LogP contribution in [-0.4, -0.2) is 9.97 Å². The highest BCUT2D eigenvalue weighted by atomic mass is 19.4. The summed E-state index contributed by atoms with van der Waals surface area (Å²) in [6.45, 7) is 5.95. The topological polar surface area (TPSA) is 25.8 Å². The first-order valence-corrected chi connectivity index (χ1v) is 4.71. The number of nitrogens with zero attached hydrogens (tertiary/aromatic N) is 2. The van der Waals surface area contributed by atoms with Gasteiger partial charge in [-0.1, -0.05) is 20.8 Å². The molecule has 15 heavy (non-hydrogen) atoms. The monoisotopic (exact) mass is 218 g/mol. The van der Waals surface area contributed by atoms with Crippen molar-refractivity contribution in [3.8, 4) is 0 Å². The van der Waals surface area contributed by atoms with Gasteiger partial charge in [0, 0.05) is 12.4 Å². The predicted octanol–water partition coefficient (Wildman–Crippen LogP) is 3.25. The fraction of sp³-hybridized carbons (Fsp3) is 0.600. The Labute approximate surface area is 86.6 Å². The van der Waals surface area contributed by atoms with E-state index in [0.29, 0.717) is 5.92 Å². The molecule has 5 heteroatoms. The summed E-state index contributed by atoms with van der Waals surface area (Å²) in [5.74, 6) is -0.570.